The molecule has 0 saturated heterocycles. The van der Waals surface area contributed by atoms with Crippen molar-refractivity contribution in [3.8, 4) is 0 Å². The van der Waals surface area contributed by atoms with Gasteiger partial charge in [-0.15, -0.1) is 0 Å². The molecule has 0 aromatic heterocycles. The van der Waals surface area contributed by atoms with Crippen LogP contribution in [0.3, 0.4) is 0 Å². The Kier molecular flexibility index (Phi) is 6.36. The van der Waals surface area contributed by atoms with E-state index in [4.69, 9.17) is 5.11 Å². The molecule has 0 radical (unpaired) electrons. The summed E-state index contributed by atoms with van der Waals surface area (Å²) in [6, 6.07) is 0. The second kappa shape index (κ2) is 6.76. The molecule has 2 N–H and O–H groups in total. The Morgan fingerprint density at radius 3 is 1.78 bits per heavy atom. The van der Waals surface area contributed by atoms with Crippen LogP contribution in [0.4, 0.5) is 0 Å². The van der Waals surface area contributed by atoms with Gasteiger partial charge in [0, 0.05) is 12.0 Å². The van der Waals surface area contributed by atoms with Crippen LogP contribution in [0.2, 0.25) is 0 Å². The van der Waals surface area contributed by atoms with E-state index in [-0.39, 0.29) is 24.3 Å². The van der Waals surface area contributed by atoms with Gasteiger partial charge in [0.2, 0.25) is 5.91 Å². The van der Waals surface area contributed by atoms with Crippen molar-refractivity contribution >= 4 is 11.9 Å². The fourth-order valence-electron chi connectivity index (χ4n) is 2.26. The summed E-state index contributed by atoms with van der Waals surface area (Å²) in [5, 5.41) is 11.9. The van der Waals surface area contributed by atoms with Gasteiger partial charge in [-0.25, -0.2) is 0 Å². The summed E-state index contributed by atoms with van der Waals surface area (Å²) in [4.78, 5) is 22.7. The standard InChI is InChI=1S/C14H27NO3/c1-6-14(7-2,8-3)15-11(16)9-13(4,5)10-12(17)18/h6-10H2,1-5H3,(H,15,16)(H,17,18). The second-order valence-electron chi connectivity index (χ2n) is 5.80. The number of rotatable bonds is 8. The molecule has 0 heterocycles. The molecular formula is C14H27NO3. The number of aliphatic carboxylic acids is 1. The molecule has 0 saturated carbocycles. The number of carbonyl (C=O) groups excluding carboxylic acids is 1. The fourth-order valence-corrected chi connectivity index (χ4v) is 2.26. The molecule has 0 spiro atoms. The van der Waals surface area contributed by atoms with Crippen molar-refractivity contribution in [1.82, 2.24) is 5.32 Å². The van der Waals surface area contributed by atoms with E-state index in [0.29, 0.717) is 0 Å². The molecule has 0 atom stereocenters. The molecule has 0 aromatic rings. The number of carboxylic acids is 1. The van der Waals surface area contributed by atoms with Crippen LogP contribution in [0.15, 0.2) is 0 Å². The minimum Gasteiger partial charge on any atom is -0.481 e. The number of amides is 1. The first kappa shape index (κ1) is 16.9. The monoisotopic (exact) mass is 257 g/mol. The van der Waals surface area contributed by atoms with Crippen molar-refractivity contribution in [2.75, 3.05) is 0 Å². The molecular weight excluding hydrogens is 230 g/mol. The second-order valence-corrected chi connectivity index (χ2v) is 5.80. The fraction of sp³-hybridized carbons (Fsp3) is 0.857. The lowest BCUT2D eigenvalue weighted by Crippen LogP contribution is -2.48. The Morgan fingerprint density at radius 1 is 1.00 bits per heavy atom. The van der Waals surface area contributed by atoms with Gasteiger partial charge in [-0.3, -0.25) is 9.59 Å². The quantitative estimate of drug-likeness (QED) is 0.702. The highest BCUT2D eigenvalue weighted by Gasteiger charge is 2.30. The van der Waals surface area contributed by atoms with Crippen molar-refractivity contribution in [1.29, 1.82) is 0 Å². The Hall–Kier alpha value is -1.06. The highest BCUT2D eigenvalue weighted by atomic mass is 16.4. The average Bonchev–Trinajstić information content (AvgIpc) is 2.23. The third kappa shape index (κ3) is 5.52. The number of carbonyl (C=O) groups is 2. The van der Waals surface area contributed by atoms with Crippen LogP contribution in [-0.4, -0.2) is 22.5 Å². The molecule has 0 unspecified atom stereocenters. The minimum absolute atomic E-state index is 0.0117. The van der Waals surface area contributed by atoms with Gasteiger partial charge < -0.3 is 10.4 Å². The number of nitrogens with one attached hydrogen (secondary N) is 1. The summed E-state index contributed by atoms with van der Waals surface area (Å²) >= 11 is 0. The lowest BCUT2D eigenvalue weighted by atomic mass is 9.84. The molecule has 0 aliphatic rings. The van der Waals surface area contributed by atoms with Crippen LogP contribution in [0.25, 0.3) is 0 Å². The molecule has 0 bridgehead atoms. The summed E-state index contributed by atoms with van der Waals surface area (Å²) in [5.41, 5.74) is -0.646. The van der Waals surface area contributed by atoms with Crippen LogP contribution in [-0.2, 0) is 9.59 Å². The molecule has 0 rings (SSSR count). The van der Waals surface area contributed by atoms with Gasteiger partial charge in [0.25, 0.3) is 0 Å². The molecule has 0 aliphatic heterocycles. The molecule has 4 heteroatoms. The van der Waals surface area contributed by atoms with E-state index in [1.807, 2.05) is 13.8 Å². The summed E-state index contributed by atoms with van der Waals surface area (Å²) in [6.07, 6.45) is 2.94. The highest BCUT2D eigenvalue weighted by molar-refractivity contribution is 5.78. The Morgan fingerprint density at radius 2 is 1.44 bits per heavy atom. The van der Waals surface area contributed by atoms with E-state index in [2.05, 4.69) is 26.1 Å². The number of carboxylic acid groups (broad SMARTS) is 1. The van der Waals surface area contributed by atoms with Crippen LogP contribution in [0.1, 0.15) is 66.7 Å². The van der Waals surface area contributed by atoms with E-state index in [1.165, 1.54) is 0 Å². The summed E-state index contributed by atoms with van der Waals surface area (Å²) in [7, 11) is 0. The highest BCUT2D eigenvalue weighted by Crippen LogP contribution is 2.26. The van der Waals surface area contributed by atoms with Gasteiger partial charge in [0.05, 0.1) is 6.42 Å². The third-order valence-corrected chi connectivity index (χ3v) is 3.70. The van der Waals surface area contributed by atoms with Gasteiger partial charge >= 0.3 is 5.97 Å². The number of hydrogen-bond donors (Lipinski definition) is 2. The number of hydrogen-bond acceptors (Lipinski definition) is 2. The maximum atomic E-state index is 12.0. The molecule has 106 valence electrons. The van der Waals surface area contributed by atoms with Gasteiger partial charge in [-0.1, -0.05) is 34.6 Å². The van der Waals surface area contributed by atoms with Gasteiger partial charge in [0.1, 0.15) is 0 Å². The summed E-state index contributed by atoms with van der Waals surface area (Å²) in [5.74, 6) is -0.910. The average molecular weight is 257 g/mol. The predicted molar refractivity (Wildman–Crippen MR) is 72.4 cm³/mol. The lowest BCUT2D eigenvalue weighted by Gasteiger charge is -2.33. The predicted octanol–water partition coefficient (Wildman–Crippen LogP) is 2.96. The van der Waals surface area contributed by atoms with Crippen molar-refractivity contribution in [2.24, 2.45) is 5.41 Å². The maximum absolute atomic E-state index is 12.0. The summed E-state index contributed by atoms with van der Waals surface area (Å²) in [6.45, 7) is 9.82. The van der Waals surface area contributed by atoms with Gasteiger partial charge in [-0.05, 0) is 24.7 Å². The van der Waals surface area contributed by atoms with E-state index in [1.54, 1.807) is 0 Å². The third-order valence-electron chi connectivity index (χ3n) is 3.70. The first-order valence-corrected chi connectivity index (χ1v) is 6.73. The molecule has 18 heavy (non-hydrogen) atoms. The van der Waals surface area contributed by atoms with Crippen LogP contribution < -0.4 is 5.32 Å². The Bertz CT molecular complexity index is 285. The van der Waals surface area contributed by atoms with Crippen molar-refractivity contribution in [3.63, 3.8) is 0 Å². The van der Waals surface area contributed by atoms with E-state index >= 15 is 0 Å². The van der Waals surface area contributed by atoms with Crippen LogP contribution in [0, 0.1) is 5.41 Å². The zero-order valence-corrected chi connectivity index (χ0v) is 12.3. The van der Waals surface area contributed by atoms with Gasteiger partial charge in [-0.2, -0.15) is 0 Å². The van der Waals surface area contributed by atoms with Crippen molar-refractivity contribution in [2.45, 2.75) is 72.3 Å². The first-order valence-electron chi connectivity index (χ1n) is 6.73. The molecule has 1 amide bonds. The Balaban J connectivity index is 4.54. The van der Waals surface area contributed by atoms with Crippen molar-refractivity contribution in [3.05, 3.63) is 0 Å². The topological polar surface area (TPSA) is 66.4 Å². The van der Waals surface area contributed by atoms with Crippen molar-refractivity contribution < 1.29 is 14.7 Å². The first-order chi connectivity index (χ1) is 8.20. The molecule has 0 aliphatic carbocycles. The Labute approximate surface area is 110 Å². The van der Waals surface area contributed by atoms with Crippen LogP contribution >= 0.6 is 0 Å². The SMILES string of the molecule is CCC(CC)(CC)NC(=O)CC(C)(C)CC(=O)O. The zero-order chi connectivity index (χ0) is 14.4. The van der Waals surface area contributed by atoms with E-state index in [0.717, 1.165) is 19.3 Å². The molecule has 4 nitrogen and oxygen atoms in total. The lowest BCUT2D eigenvalue weighted by molar-refractivity contribution is -0.139. The molecule has 0 aromatic carbocycles. The van der Waals surface area contributed by atoms with E-state index < -0.39 is 11.4 Å². The maximum Gasteiger partial charge on any atom is 0.303 e. The smallest absolute Gasteiger partial charge is 0.303 e. The largest absolute Gasteiger partial charge is 0.481 e. The van der Waals surface area contributed by atoms with Gasteiger partial charge in [0.15, 0.2) is 0 Å². The normalized spacial score (nSPS) is 12.3. The molecule has 0 fully saturated rings. The minimum atomic E-state index is -0.861. The van der Waals surface area contributed by atoms with E-state index in [9.17, 15) is 9.59 Å². The van der Waals surface area contributed by atoms with Crippen LogP contribution in [0.5, 0.6) is 0 Å². The summed E-state index contributed by atoms with van der Waals surface area (Å²) < 4.78 is 0. The zero-order valence-electron chi connectivity index (χ0n) is 12.3.